The van der Waals surface area contributed by atoms with E-state index in [1.807, 2.05) is 28.8 Å². The Hall–Kier alpha value is -1.99. The molecule has 1 N–H and O–H groups in total. The molecule has 25 heavy (non-hydrogen) atoms. The van der Waals surface area contributed by atoms with E-state index in [-0.39, 0.29) is 0 Å². The molecule has 3 aromatic rings. The first-order valence-corrected chi connectivity index (χ1v) is 9.44. The van der Waals surface area contributed by atoms with E-state index in [1.165, 1.54) is 4.57 Å². The third kappa shape index (κ3) is 3.67. The number of aromatic amines is 1. The SMILES string of the molecule is CCCCSc1nc2c(c(=O)[nH]c(=O)n2C)n1Cc1ccc(Cl)cc1. The third-order valence-electron chi connectivity index (χ3n) is 3.96. The van der Waals surface area contributed by atoms with Gasteiger partial charge in [0.05, 0.1) is 6.54 Å². The summed E-state index contributed by atoms with van der Waals surface area (Å²) < 4.78 is 3.25. The monoisotopic (exact) mass is 378 g/mol. The first-order valence-electron chi connectivity index (χ1n) is 8.08. The molecular weight excluding hydrogens is 360 g/mol. The number of hydrogen-bond donors (Lipinski definition) is 1. The molecule has 2 aromatic heterocycles. The minimum atomic E-state index is -0.459. The Morgan fingerprint density at radius 1 is 1.24 bits per heavy atom. The van der Waals surface area contributed by atoms with E-state index >= 15 is 0 Å². The molecule has 0 aliphatic rings. The first kappa shape index (κ1) is 17.8. The number of nitrogens with zero attached hydrogens (tertiary/aromatic N) is 3. The highest BCUT2D eigenvalue weighted by Gasteiger charge is 2.17. The first-order chi connectivity index (χ1) is 12.0. The van der Waals surface area contributed by atoms with Crippen molar-refractivity contribution < 1.29 is 0 Å². The van der Waals surface area contributed by atoms with Crippen LogP contribution in [0, 0.1) is 0 Å². The second-order valence-electron chi connectivity index (χ2n) is 5.80. The molecule has 2 heterocycles. The Morgan fingerprint density at radius 3 is 2.64 bits per heavy atom. The van der Waals surface area contributed by atoms with Crippen LogP contribution >= 0.6 is 23.4 Å². The summed E-state index contributed by atoms with van der Waals surface area (Å²) in [4.78, 5) is 31.2. The van der Waals surface area contributed by atoms with Crippen LogP contribution in [0.2, 0.25) is 5.02 Å². The summed E-state index contributed by atoms with van der Waals surface area (Å²) >= 11 is 7.55. The van der Waals surface area contributed by atoms with E-state index < -0.39 is 11.2 Å². The van der Waals surface area contributed by atoms with E-state index in [4.69, 9.17) is 11.6 Å². The Bertz CT molecular complexity index is 1000. The van der Waals surface area contributed by atoms with Crippen LogP contribution in [0.3, 0.4) is 0 Å². The molecule has 0 fully saturated rings. The normalized spacial score (nSPS) is 11.3. The number of unbranched alkanes of at least 4 members (excludes halogenated alkanes) is 1. The van der Waals surface area contributed by atoms with Crippen LogP contribution in [-0.2, 0) is 13.6 Å². The molecule has 132 valence electrons. The van der Waals surface area contributed by atoms with Crippen LogP contribution in [0.4, 0.5) is 0 Å². The van der Waals surface area contributed by atoms with Crippen molar-refractivity contribution in [1.29, 1.82) is 0 Å². The van der Waals surface area contributed by atoms with Gasteiger partial charge in [0.1, 0.15) is 0 Å². The van der Waals surface area contributed by atoms with Crippen LogP contribution in [0.15, 0.2) is 39.0 Å². The summed E-state index contributed by atoms with van der Waals surface area (Å²) in [6.07, 6.45) is 2.15. The largest absolute Gasteiger partial charge is 0.329 e. The van der Waals surface area contributed by atoms with E-state index in [9.17, 15) is 9.59 Å². The Labute approximate surface area is 153 Å². The van der Waals surface area contributed by atoms with Crippen molar-refractivity contribution in [2.45, 2.75) is 31.5 Å². The van der Waals surface area contributed by atoms with Gasteiger partial charge in [0.15, 0.2) is 16.3 Å². The highest BCUT2D eigenvalue weighted by molar-refractivity contribution is 7.99. The van der Waals surface area contributed by atoms with Gasteiger partial charge in [-0.05, 0) is 24.1 Å². The molecular formula is C17H19ClN4O2S. The van der Waals surface area contributed by atoms with Crippen molar-refractivity contribution in [1.82, 2.24) is 19.1 Å². The average molecular weight is 379 g/mol. The van der Waals surface area contributed by atoms with Crippen LogP contribution in [0.5, 0.6) is 0 Å². The second kappa shape index (κ2) is 7.49. The number of aryl methyl sites for hydroxylation is 1. The van der Waals surface area contributed by atoms with Crippen molar-refractivity contribution in [3.63, 3.8) is 0 Å². The maximum atomic E-state index is 12.4. The molecule has 0 saturated heterocycles. The van der Waals surface area contributed by atoms with Crippen molar-refractivity contribution in [2.75, 3.05) is 5.75 Å². The maximum Gasteiger partial charge on any atom is 0.329 e. The number of nitrogens with one attached hydrogen (secondary N) is 1. The van der Waals surface area contributed by atoms with Gasteiger partial charge in [0, 0.05) is 17.8 Å². The fourth-order valence-electron chi connectivity index (χ4n) is 2.55. The molecule has 0 spiro atoms. The lowest BCUT2D eigenvalue weighted by molar-refractivity contribution is 0.727. The quantitative estimate of drug-likeness (QED) is 0.528. The molecule has 0 aliphatic carbocycles. The number of rotatable bonds is 6. The second-order valence-corrected chi connectivity index (χ2v) is 7.30. The molecule has 0 aliphatic heterocycles. The predicted molar refractivity (Wildman–Crippen MR) is 102 cm³/mol. The molecule has 0 bridgehead atoms. The number of imidazole rings is 1. The minimum Gasteiger partial charge on any atom is -0.309 e. The van der Waals surface area contributed by atoms with Gasteiger partial charge >= 0.3 is 5.69 Å². The standard InChI is InChI=1S/C17H19ClN4O2S/c1-3-4-9-25-17-19-14-13(15(23)20-16(24)21(14)2)22(17)10-11-5-7-12(18)8-6-11/h5-8H,3-4,9-10H2,1-2H3,(H,20,23,24). The lowest BCUT2D eigenvalue weighted by Gasteiger charge is -2.08. The van der Waals surface area contributed by atoms with Gasteiger partial charge in [-0.3, -0.25) is 14.3 Å². The zero-order valence-corrected chi connectivity index (χ0v) is 15.7. The highest BCUT2D eigenvalue weighted by atomic mass is 35.5. The summed E-state index contributed by atoms with van der Waals surface area (Å²) in [5, 5.41) is 1.40. The molecule has 0 unspecified atom stereocenters. The van der Waals surface area contributed by atoms with Gasteiger partial charge < -0.3 is 4.57 Å². The van der Waals surface area contributed by atoms with Crippen LogP contribution in [-0.4, -0.2) is 24.9 Å². The Morgan fingerprint density at radius 2 is 1.96 bits per heavy atom. The summed E-state index contributed by atoms with van der Waals surface area (Å²) in [6.45, 7) is 2.62. The number of benzene rings is 1. The van der Waals surface area contributed by atoms with Gasteiger partial charge in [0.2, 0.25) is 0 Å². The van der Waals surface area contributed by atoms with E-state index in [2.05, 4.69) is 16.9 Å². The van der Waals surface area contributed by atoms with Crippen molar-refractivity contribution in [2.24, 2.45) is 7.05 Å². The molecule has 0 saturated carbocycles. The van der Waals surface area contributed by atoms with Crippen molar-refractivity contribution in [3.05, 3.63) is 55.7 Å². The lowest BCUT2D eigenvalue weighted by atomic mass is 10.2. The molecule has 0 radical (unpaired) electrons. The van der Waals surface area contributed by atoms with Gasteiger partial charge in [0.25, 0.3) is 5.56 Å². The Kier molecular flexibility index (Phi) is 5.34. The summed E-state index contributed by atoms with van der Waals surface area (Å²) in [6, 6.07) is 7.48. The van der Waals surface area contributed by atoms with E-state index in [0.29, 0.717) is 22.7 Å². The van der Waals surface area contributed by atoms with Crippen LogP contribution in [0.25, 0.3) is 11.2 Å². The molecule has 8 heteroatoms. The third-order valence-corrected chi connectivity index (χ3v) is 5.27. The summed E-state index contributed by atoms with van der Waals surface area (Å²) in [5.41, 5.74) is 0.952. The number of hydrogen-bond acceptors (Lipinski definition) is 4. The van der Waals surface area contributed by atoms with Crippen LogP contribution < -0.4 is 11.2 Å². The summed E-state index contributed by atoms with van der Waals surface area (Å²) in [7, 11) is 1.61. The van der Waals surface area contributed by atoms with Crippen molar-refractivity contribution in [3.8, 4) is 0 Å². The van der Waals surface area contributed by atoms with Gasteiger partial charge in [-0.15, -0.1) is 0 Å². The number of thioether (sulfide) groups is 1. The van der Waals surface area contributed by atoms with E-state index in [0.717, 1.165) is 29.3 Å². The lowest BCUT2D eigenvalue weighted by Crippen LogP contribution is -2.29. The smallest absolute Gasteiger partial charge is 0.309 e. The molecule has 6 nitrogen and oxygen atoms in total. The zero-order chi connectivity index (χ0) is 18.0. The number of halogens is 1. The number of aromatic nitrogens is 4. The minimum absolute atomic E-state index is 0.404. The fourth-order valence-corrected chi connectivity index (χ4v) is 3.76. The highest BCUT2D eigenvalue weighted by Crippen LogP contribution is 2.24. The average Bonchev–Trinajstić information content (AvgIpc) is 2.94. The van der Waals surface area contributed by atoms with Gasteiger partial charge in [-0.25, -0.2) is 9.78 Å². The van der Waals surface area contributed by atoms with Crippen molar-refractivity contribution >= 4 is 34.5 Å². The summed E-state index contributed by atoms with van der Waals surface area (Å²) in [5.74, 6) is 0.909. The van der Waals surface area contributed by atoms with Crippen LogP contribution in [0.1, 0.15) is 25.3 Å². The fraction of sp³-hybridized carbons (Fsp3) is 0.353. The zero-order valence-electron chi connectivity index (χ0n) is 14.1. The van der Waals surface area contributed by atoms with Gasteiger partial charge in [-0.1, -0.05) is 48.8 Å². The molecule has 1 aromatic carbocycles. The predicted octanol–water partition coefficient (Wildman–Crippen LogP) is 3.02. The topological polar surface area (TPSA) is 72.7 Å². The molecule has 0 amide bonds. The number of fused-ring (bicyclic) bond motifs is 1. The maximum absolute atomic E-state index is 12.4. The molecule has 0 atom stereocenters. The van der Waals surface area contributed by atoms with E-state index in [1.54, 1.807) is 18.8 Å². The Balaban J connectivity index is 2.13. The number of H-pyrrole nitrogens is 1. The molecule has 3 rings (SSSR count). The van der Waals surface area contributed by atoms with Gasteiger partial charge in [-0.2, -0.15) is 0 Å².